The van der Waals surface area contributed by atoms with E-state index in [0.717, 1.165) is 25.7 Å². The maximum Gasteiger partial charge on any atom is 0.231 e. The van der Waals surface area contributed by atoms with Gasteiger partial charge in [-0.15, -0.1) is 11.5 Å². The molecule has 0 unspecified atom stereocenters. The third-order valence-corrected chi connectivity index (χ3v) is 4.48. The van der Waals surface area contributed by atoms with Gasteiger partial charge in [0, 0.05) is 0 Å². The van der Waals surface area contributed by atoms with E-state index in [1.807, 2.05) is 13.8 Å². The second kappa shape index (κ2) is 6.27. The van der Waals surface area contributed by atoms with Gasteiger partial charge in [-0.2, -0.15) is 0 Å². The quantitative estimate of drug-likeness (QED) is 0.608. The number of thioether (sulfide) groups is 1. The Morgan fingerprint density at radius 3 is 2.80 bits per heavy atom. The molecule has 20 heavy (non-hydrogen) atoms. The van der Waals surface area contributed by atoms with Gasteiger partial charge in [0.05, 0.1) is 11.8 Å². The molecule has 0 radical (unpaired) electrons. The molecule has 7 heteroatoms. The van der Waals surface area contributed by atoms with Gasteiger partial charge in [0.1, 0.15) is 5.54 Å². The first-order valence-electron chi connectivity index (χ1n) is 6.83. The minimum absolute atomic E-state index is 0.0815. The lowest BCUT2D eigenvalue weighted by atomic mass is 9.94. The van der Waals surface area contributed by atoms with Crippen LogP contribution in [-0.4, -0.2) is 37.4 Å². The van der Waals surface area contributed by atoms with E-state index in [9.17, 15) is 4.79 Å². The van der Waals surface area contributed by atoms with Crippen LogP contribution < -0.4 is 5.32 Å². The number of terminal acetylenes is 1. The molecular weight excluding hydrogens is 274 g/mol. The summed E-state index contributed by atoms with van der Waals surface area (Å²) in [4.78, 5) is 12.0. The Morgan fingerprint density at radius 1 is 1.55 bits per heavy atom. The van der Waals surface area contributed by atoms with Crippen LogP contribution in [0, 0.1) is 12.3 Å². The summed E-state index contributed by atoms with van der Waals surface area (Å²) in [6.45, 7) is 3.95. The van der Waals surface area contributed by atoms with Crippen molar-refractivity contribution in [3.05, 3.63) is 0 Å². The summed E-state index contributed by atoms with van der Waals surface area (Å²) < 4.78 is 1.80. The SMILES string of the molecule is C#CC(CC)(CC)NC(=O)CSc1nnnn1C1CC1. The fourth-order valence-corrected chi connectivity index (χ4v) is 2.67. The van der Waals surface area contributed by atoms with Crippen LogP contribution in [0.5, 0.6) is 0 Å². The highest BCUT2D eigenvalue weighted by molar-refractivity contribution is 7.99. The topological polar surface area (TPSA) is 72.7 Å². The van der Waals surface area contributed by atoms with Crippen LogP contribution in [0.1, 0.15) is 45.6 Å². The molecule has 1 aromatic rings. The molecule has 0 spiro atoms. The number of carbonyl (C=O) groups is 1. The molecule has 0 aliphatic heterocycles. The van der Waals surface area contributed by atoms with Crippen molar-refractivity contribution in [3.8, 4) is 12.3 Å². The molecule has 1 heterocycles. The Morgan fingerprint density at radius 2 is 2.25 bits per heavy atom. The molecule has 0 aromatic carbocycles. The van der Waals surface area contributed by atoms with E-state index in [2.05, 4.69) is 26.8 Å². The number of aromatic nitrogens is 4. The highest BCUT2D eigenvalue weighted by Gasteiger charge is 2.29. The van der Waals surface area contributed by atoms with Gasteiger partial charge in [-0.3, -0.25) is 4.79 Å². The first-order valence-corrected chi connectivity index (χ1v) is 7.82. The van der Waals surface area contributed by atoms with Gasteiger partial charge >= 0.3 is 0 Å². The molecule has 1 saturated carbocycles. The molecule has 1 fully saturated rings. The number of rotatable bonds is 7. The number of nitrogens with zero attached hydrogens (tertiary/aromatic N) is 4. The smallest absolute Gasteiger partial charge is 0.231 e. The van der Waals surface area contributed by atoms with Crippen molar-refractivity contribution in [2.24, 2.45) is 0 Å². The average Bonchev–Trinajstić information content (AvgIpc) is 3.21. The second-order valence-electron chi connectivity index (χ2n) is 4.91. The van der Waals surface area contributed by atoms with E-state index >= 15 is 0 Å². The van der Waals surface area contributed by atoms with Crippen molar-refractivity contribution < 1.29 is 4.79 Å². The number of nitrogens with one attached hydrogen (secondary N) is 1. The average molecular weight is 293 g/mol. The Hall–Kier alpha value is -1.55. The molecule has 108 valence electrons. The molecule has 0 atom stereocenters. The Labute approximate surface area is 123 Å². The summed E-state index contributed by atoms with van der Waals surface area (Å²) in [6.07, 6.45) is 9.18. The third-order valence-electron chi connectivity index (χ3n) is 3.55. The van der Waals surface area contributed by atoms with E-state index in [-0.39, 0.29) is 11.7 Å². The van der Waals surface area contributed by atoms with Gasteiger partial charge < -0.3 is 5.32 Å². The zero-order valence-electron chi connectivity index (χ0n) is 11.8. The van der Waals surface area contributed by atoms with Crippen molar-refractivity contribution >= 4 is 17.7 Å². The van der Waals surface area contributed by atoms with Crippen molar-refractivity contribution in [3.63, 3.8) is 0 Å². The van der Waals surface area contributed by atoms with Gasteiger partial charge in [0.25, 0.3) is 0 Å². The van der Waals surface area contributed by atoms with Crippen LogP contribution in [-0.2, 0) is 4.79 Å². The van der Waals surface area contributed by atoms with Crippen molar-refractivity contribution in [2.75, 3.05) is 5.75 Å². The highest BCUT2D eigenvalue weighted by atomic mass is 32.2. The zero-order chi connectivity index (χ0) is 14.6. The van der Waals surface area contributed by atoms with Crippen LogP contribution in [0.4, 0.5) is 0 Å². The molecule has 1 aliphatic carbocycles. The van der Waals surface area contributed by atoms with Crippen molar-refractivity contribution in [1.82, 2.24) is 25.5 Å². The maximum atomic E-state index is 12.0. The number of hydrogen-bond donors (Lipinski definition) is 1. The molecule has 6 nitrogen and oxygen atoms in total. The lowest BCUT2D eigenvalue weighted by Crippen LogP contribution is -2.47. The maximum absolute atomic E-state index is 12.0. The fourth-order valence-electron chi connectivity index (χ4n) is 1.93. The largest absolute Gasteiger partial charge is 0.339 e. The van der Waals surface area contributed by atoms with Gasteiger partial charge in [-0.05, 0) is 36.1 Å². The lowest BCUT2D eigenvalue weighted by molar-refractivity contribution is -0.119. The van der Waals surface area contributed by atoms with Crippen LogP contribution in [0.3, 0.4) is 0 Å². The minimum Gasteiger partial charge on any atom is -0.339 e. The standard InChI is InChI=1S/C13H19N5OS/c1-4-13(5-2,6-3)14-11(19)9-20-12-15-16-17-18(12)10-7-8-10/h1,10H,5-9H2,2-3H3,(H,14,19). The molecule has 1 aliphatic rings. The molecule has 0 bridgehead atoms. The van der Waals surface area contributed by atoms with E-state index < -0.39 is 5.54 Å². The van der Waals surface area contributed by atoms with Crippen molar-refractivity contribution in [2.45, 2.75) is 56.3 Å². The van der Waals surface area contributed by atoms with E-state index in [0.29, 0.717) is 11.2 Å². The summed E-state index contributed by atoms with van der Waals surface area (Å²) >= 11 is 1.35. The molecule has 0 saturated heterocycles. The molecule has 1 amide bonds. The third kappa shape index (κ3) is 3.31. The second-order valence-corrected chi connectivity index (χ2v) is 5.85. The summed E-state index contributed by atoms with van der Waals surface area (Å²) in [5, 5.41) is 15.2. The minimum atomic E-state index is -0.542. The van der Waals surface area contributed by atoms with Crippen LogP contribution in [0.25, 0.3) is 0 Å². The Kier molecular flexibility index (Phi) is 4.65. The number of tetrazole rings is 1. The highest BCUT2D eigenvalue weighted by Crippen LogP contribution is 2.36. The predicted octanol–water partition coefficient (Wildman–Crippen LogP) is 1.41. The Bertz CT molecular complexity index is 513. The first kappa shape index (κ1) is 14.9. The number of amides is 1. The van der Waals surface area contributed by atoms with Gasteiger partial charge in [0.2, 0.25) is 11.1 Å². The summed E-state index contributed by atoms with van der Waals surface area (Å²) in [5.74, 6) is 2.88. The van der Waals surface area contributed by atoms with E-state index in [1.54, 1.807) is 4.68 Å². The monoisotopic (exact) mass is 293 g/mol. The normalized spacial score (nSPS) is 14.8. The zero-order valence-corrected chi connectivity index (χ0v) is 12.6. The summed E-state index contributed by atoms with van der Waals surface area (Å²) in [5.41, 5.74) is -0.542. The summed E-state index contributed by atoms with van der Waals surface area (Å²) in [7, 11) is 0. The molecule has 1 aromatic heterocycles. The lowest BCUT2D eigenvalue weighted by Gasteiger charge is -2.26. The number of hydrogen-bond acceptors (Lipinski definition) is 5. The fraction of sp³-hybridized carbons (Fsp3) is 0.692. The number of carbonyl (C=O) groups excluding carboxylic acids is 1. The first-order chi connectivity index (χ1) is 9.64. The van der Waals surface area contributed by atoms with Crippen LogP contribution in [0.2, 0.25) is 0 Å². The van der Waals surface area contributed by atoms with Crippen molar-refractivity contribution in [1.29, 1.82) is 0 Å². The molecular formula is C13H19N5OS. The van der Waals surface area contributed by atoms with Crippen LogP contribution in [0.15, 0.2) is 5.16 Å². The van der Waals surface area contributed by atoms with E-state index in [1.165, 1.54) is 11.8 Å². The summed E-state index contributed by atoms with van der Waals surface area (Å²) in [6, 6.07) is 0.409. The predicted molar refractivity (Wildman–Crippen MR) is 77.1 cm³/mol. The van der Waals surface area contributed by atoms with Gasteiger partial charge in [-0.1, -0.05) is 31.5 Å². The van der Waals surface area contributed by atoms with Crippen LogP contribution >= 0.6 is 11.8 Å². The molecule has 2 rings (SSSR count). The molecule has 1 N–H and O–H groups in total. The Balaban J connectivity index is 1.89. The van der Waals surface area contributed by atoms with Gasteiger partial charge in [0.15, 0.2) is 0 Å². The van der Waals surface area contributed by atoms with E-state index in [4.69, 9.17) is 6.42 Å². The van der Waals surface area contributed by atoms with Gasteiger partial charge in [-0.25, -0.2) is 4.68 Å².